The second kappa shape index (κ2) is 6.87. The summed E-state index contributed by atoms with van der Waals surface area (Å²) in [5.74, 6) is -0.0545. The highest BCUT2D eigenvalue weighted by atomic mass is 79.9. The number of amides is 1. The van der Waals surface area contributed by atoms with E-state index >= 15 is 0 Å². The number of benzene rings is 2. The molecule has 0 fully saturated rings. The first-order valence-corrected chi connectivity index (χ1v) is 7.78. The second-order valence-corrected chi connectivity index (χ2v) is 5.62. The van der Waals surface area contributed by atoms with Crippen molar-refractivity contribution in [3.05, 3.63) is 69.7 Å². The van der Waals surface area contributed by atoms with E-state index in [1.165, 1.54) is 0 Å². The first kappa shape index (κ1) is 14.3. The summed E-state index contributed by atoms with van der Waals surface area (Å²) in [4.78, 5) is 12.0. The minimum absolute atomic E-state index is 0.0545. The number of alkyl halides is 1. The van der Waals surface area contributed by atoms with Gasteiger partial charge in [0.25, 0.3) is 5.91 Å². The predicted octanol–water partition coefficient (Wildman–Crippen LogP) is 4.27. The lowest BCUT2D eigenvalue weighted by atomic mass is 10.1. The molecule has 0 aliphatic rings. The standard InChI is InChI=1S/C15H13Br2NO/c16-9-11-4-6-13(7-5-11)15(19)18-10-12-2-1-3-14(17)8-12/h1-8H,9-10H2,(H,18,19). The molecule has 0 saturated heterocycles. The molecule has 2 nitrogen and oxygen atoms in total. The zero-order valence-corrected chi connectivity index (χ0v) is 13.4. The highest BCUT2D eigenvalue weighted by molar-refractivity contribution is 9.10. The van der Waals surface area contributed by atoms with Gasteiger partial charge in [-0.2, -0.15) is 0 Å². The first-order valence-electron chi connectivity index (χ1n) is 5.86. The first-order chi connectivity index (χ1) is 9.19. The maximum absolute atomic E-state index is 12.0. The Morgan fingerprint density at radius 1 is 1.05 bits per heavy atom. The fourth-order valence-corrected chi connectivity index (χ4v) is 2.50. The van der Waals surface area contributed by atoms with Gasteiger partial charge in [0.15, 0.2) is 0 Å². The topological polar surface area (TPSA) is 29.1 Å². The molecule has 19 heavy (non-hydrogen) atoms. The van der Waals surface area contributed by atoms with Gasteiger partial charge >= 0.3 is 0 Å². The summed E-state index contributed by atoms with van der Waals surface area (Å²) in [5, 5.41) is 3.71. The zero-order chi connectivity index (χ0) is 13.7. The molecule has 0 radical (unpaired) electrons. The van der Waals surface area contributed by atoms with Crippen molar-refractivity contribution in [2.75, 3.05) is 0 Å². The largest absolute Gasteiger partial charge is 0.348 e. The van der Waals surface area contributed by atoms with Gasteiger partial charge in [-0.15, -0.1) is 0 Å². The summed E-state index contributed by atoms with van der Waals surface area (Å²) in [6.45, 7) is 0.526. The number of halogens is 2. The molecule has 0 bridgehead atoms. The van der Waals surface area contributed by atoms with Crippen molar-refractivity contribution < 1.29 is 4.79 Å². The van der Waals surface area contributed by atoms with Crippen LogP contribution in [0, 0.1) is 0 Å². The van der Waals surface area contributed by atoms with E-state index in [2.05, 4.69) is 37.2 Å². The Morgan fingerprint density at radius 2 is 1.79 bits per heavy atom. The van der Waals surface area contributed by atoms with E-state index in [9.17, 15) is 4.79 Å². The van der Waals surface area contributed by atoms with Crippen molar-refractivity contribution in [3.8, 4) is 0 Å². The van der Waals surface area contributed by atoms with Gasteiger partial charge in [0.2, 0.25) is 0 Å². The molecule has 2 rings (SSSR count). The molecule has 0 spiro atoms. The zero-order valence-electron chi connectivity index (χ0n) is 10.2. The average molecular weight is 383 g/mol. The van der Waals surface area contributed by atoms with Crippen LogP contribution in [0.3, 0.4) is 0 Å². The molecule has 0 aromatic heterocycles. The van der Waals surface area contributed by atoms with Crippen LogP contribution in [0.25, 0.3) is 0 Å². The number of hydrogen-bond acceptors (Lipinski definition) is 1. The van der Waals surface area contributed by atoms with Crippen LogP contribution in [0.4, 0.5) is 0 Å². The Labute approximate surface area is 129 Å². The Hall–Kier alpha value is -1.13. The van der Waals surface area contributed by atoms with E-state index in [-0.39, 0.29) is 5.91 Å². The van der Waals surface area contributed by atoms with Crippen molar-refractivity contribution in [3.63, 3.8) is 0 Å². The molecule has 0 heterocycles. The van der Waals surface area contributed by atoms with Crippen LogP contribution < -0.4 is 5.32 Å². The molecule has 1 amide bonds. The lowest BCUT2D eigenvalue weighted by molar-refractivity contribution is 0.0951. The van der Waals surface area contributed by atoms with Crippen LogP contribution in [-0.4, -0.2) is 5.91 Å². The maximum atomic E-state index is 12.0. The molecule has 1 N–H and O–H groups in total. The molecule has 0 unspecified atom stereocenters. The molecular weight excluding hydrogens is 370 g/mol. The van der Waals surface area contributed by atoms with Gasteiger partial charge in [0.05, 0.1) is 0 Å². The lowest BCUT2D eigenvalue weighted by Gasteiger charge is -2.06. The molecule has 2 aromatic carbocycles. The fourth-order valence-electron chi connectivity index (χ4n) is 1.68. The van der Waals surface area contributed by atoms with Gasteiger partial charge in [0.1, 0.15) is 0 Å². The molecule has 4 heteroatoms. The van der Waals surface area contributed by atoms with Crippen molar-refractivity contribution in [1.29, 1.82) is 0 Å². The van der Waals surface area contributed by atoms with Gasteiger partial charge in [-0.25, -0.2) is 0 Å². The summed E-state index contributed by atoms with van der Waals surface area (Å²) in [5.41, 5.74) is 2.91. The minimum Gasteiger partial charge on any atom is -0.348 e. The predicted molar refractivity (Wildman–Crippen MR) is 84.4 cm³/mol. The quantitative estimate of drug-likeness (QED) is 0.786. The smallest absolute Gasteiger partial charge is 0.251 e. The van der Waals surface area contributed by atoms with E-state index in [0.717, 1.165) is 20.9 Å². The van der Waals surface area contributed by atoms with E-state index in [1.807, 2.05) is 48.5 Å². The third kappa shape index (κ3) is 4.18. The van der Waals surface area contributed by atoms with Gasteiger partial charge in [-0.3, -0.25) is 4.79 Å². The van der Waals surface area contributed by atoms with Crippen molar-refractivity contribution in [2.24, 2.45) is 0 Å². The summed E-state index contributed by atoms with van der Waals surface area (Å²) in [7, 11) is 0. The van der Waals surface area contributed by atoms with Gasteiger partial charge < -0.3 is 5.32 Å². The summed E-state index contributed by atoms with van der Waals surface area (Å²) >= 11 is 6.79. The van der Waals surface area contributed by atoms with Crippen LogP contribution in [0.2, 0.25) is 0 Å². The van der Waals surface area contributed by atoms with E-state index < -0.39 is 0 Å². The highest BCUT2D eigenvalue weighted by Crippen LogP contribution is 2.12. The van der Waals surface area contributed by atoms with E-state index in [4.69, 9.17) is 0 Å². The van der Waals surface area contributed by atoms with E-state index in [1.54, 1.807) is 0 Å². The third-order valence-electron chi connectivity index (χ3n) is 2.71. The molecule has 2 aromatic rings. The fraction of sp³-hybridized carbons (Fsp3) is 0.133. The van der Waals surface area contributed by atoms with Gasteiger partial charge in [-0.05, 0) is 35.4 Å². The minimum atomic E-state index is -0.0545. The summed E-state index contributed by atoms with van der Waals surface area (Å²) in [6, 6.07) is 15.5. The summed E-state index contributed by atoms with van der Waals surface area (Å²) < 4.78 is 1.01. The van der Waals surface area contributed by atoms with Gasteiger partial charge in [-0.1, -0.05) is 56.1 Å². The van der Waals surface area contributed by atoms with Crippen molar-refractivity contribution in [2.45, 2.75) is 11.9 Å². The lowest BCUT2D eigenvalue weighted by Crippen LogP contribution is -2.22. The van der Waals surface area contributed by atoms with Crippen LogP contribution in [-0.2, 0) is 11.9 Å². The Bertz CT molecular complexity index is 567. The molecule has 0 aliphatic heterocycles. The second-order valence-electron chi connectivity index (χ2n) is 4.14. The summed E-state index contributed by atoms with van der Waals surface area (Å²) in [6.07, 6.45) is 0. The Kier molecular flexibility index (Phi) is 5.16. The number of rotatable bonds is 4. The monoisotopic (exact) mass is 381 g/mol. The highest BCUT2D eigenvalue weighted by Gasteiger charge is 2.05. The number of carbonyl (C=O) groups excluding carboxylic acids is 1. The van der Waals surface area contributed by atoms with Crippen LogP contribution >= 0.6 is 31.9 Å². The van der Waals surface area contributed by atoms with E-state index in [0.29, 0.717) is 12.1 Å². The number of hydrogen-bond donors (Lipinski definition) is 1. The normalized spacial score (nSPS) is 10.2. The maximum Gasteiger partial charge on any atom is 0.251 e. The van der Waals surface area contributed by atoms with Crippen molar-refractivity contribution >= 4 is 37.8 Å². The van der Waals surface area contributed by atoms with Gasteiger partial charge in [0, 0.05) is 21.9 Å². The Morgan fingerprint density at radius 3 is 2.42 bits per heavy atom. The molecular formula is C15H13Br2NO. The molecule has 0 saturated carbocycles. The van der Waals surface area contributed by atoms with Crippen LogP contribution in [0.5, 0.6) is 0 Å². The van der Waals surface area contributed by atoms with Crippen LogP contribution in [0.15, 0.2) is 53.0 Å². The number of carbonyl (C=O) groups is 1. The molecule has 0 aliphatic carbocycles. The third-order valence-corrected chi connectivity index (χ3v) is 3.85. The van der Waals surface area contributed by atoms with Crippen molar-refractivity contribution in [1.82, 2.24) is 5.32 Å². The average Bonchev–Trinajstić information content (AvgIpc) is 2.45. The molecule has 98 valence electrons. The number of nitrogens with one attached hydrogen (secondary N) is 1. The molecule has 0 atom stereocenters. The Balaban J connectivity index is 1.97. The van der Waals surface area contributed by atoms with Crippen LogP contribution in [0.1, 0.15) is 21.5 Å². The SMILES string of the molecule is O=C(NCc1cccc(Br)c1)c1ccc(CBr)cc1.